The Kier molecular flexibility index (Phi) is 17.7. The fraction of sp³-hybridized carbons (Fsp3) is 0.833. The molecule has 3 atom stereocenters. The second-order valence-corrected chi connectivity index (χ2v) is 9.62. The first kappa shape index (κ1) is 32.2. The molecule has 0 saturated carbocycles. The van der Waals surface area contributed by atoms with E-state index >= 15 is 0 Å². The molecule has 10 heteroatoms. The number of rotatable bonds is 3. The number of nitrogens with one attached hydrogen (secondary N) is 1. The molecule has 0 aromatic heterocycles. The van der Waals surface area contributed by atoms with Gasteiger partial charge in [0.1, 0.15) is 18.4 Å². The standard InChI is InChI=1S/C9H17NO2S.C5H10O.C4H9NO2S.ClH/c1-9(2,3)8-10-6(5-13-8)7(11)12-4;1-5(2,3)4-6;1-7-4(6)3(5)2-8;/h6,8,10H,5H2,1-4H3;4H,1-3H3;3,8H,2,5H2,1H3;1H. The van der Waals surface area contributed by atoms with Crippen LogP contribution in [0.15, 0.2) is 0 Å². The third-order valence-electron chi connectivity index (χ3n) is 3.11. The number of hydrogen-bond donors (Lipinski definition) is 3. The predicted molar refractivity (Wildman–Crippen MR) is 121 cm³/mol. The first-order valence-electron chi connectivity index (χ1n) is 8.59. The molecule has 28 heavy (non-hydrogen) atoms. The van der Waals surface area contributed by atoms with Crippen LogP contribution in [0.5, 0.6) is 0 Å². The first-order chi connectivity index (χ1) is 12.2. The van der Waals surface area contributed by atoms with Gasteiger partial charge in [-0.1, -0.05) is 41.5 Å². The fourth-order valence-electron chi connectivity index (χ4n) is 1.48. The van der Waals surface area contributed by atoms with Crippen LogP contribution >= 0.6 is 36.8 Å². The van der Waals surface area contributed by atoms with Gasteiger partial charge in [-0.2, -0.15) is 12.6 Å². The van der Waals surface area contributed by atoms with Gasteiger partial charge in [0.05, 0.1) is 19.6 Å². The molecular weight excluding hydrogens is 424 g/mol. The van der Waals surface area contributed by atoms with Crippen LogP contribution in [0, 0.1) is 10.8 Å². The largest absolute Gasteiger partial charge is 0.468 e. The van der Waals surface area contributed by atoms with Gasteiger partial charge in [-0.3, -0.25) is 14.9 Å². The quantitative estimate of drug-likeness (QED) is 0.334. The van der Waals surface area contributed by atoms with Crippen molar-refractivity contribution < 1.29 is 23.9 Å². The summed E-state index contributed by atoms with van der Waals surface area (Å²) in [5.74, 6) is 0.570. The van der Waals surface area contributed by atoms with Crippen LogP contribution in [0.25, 0.3) is 0 Å². The van der Waals surface area contributed by atoms with Gasteiger partial charge in [0.25, 0.3) is 0 Å². The molecule has 7 nitrogen and oxygen atoms in total. The minimum Gasteiger partial charge on any atom is -0.468 e. The van der Waals surface area contributed by atoms with Gasteiger partial charge in [0.2, 0.25) is 0 Å². The van der Waals surface area contributed by atoms with Crippen molar-refractivity contribution in [2.45, 2.75) is 59.0 Å². The average molecular weight is 461 g/mol. The van der Waals surface area contributed by atoms with Crippen LogP contribution in [-0.4, -0.2) is 61.4 Å². The molecule has 0 aromatic carbocycles. The minimum absolute atomic E-state index is 0. The van der Waals surface area contributed by atoms with E-state index in [1.54, 1.807) is 11.8 Å². The van der Waals surface area contributed by atoms with Gasteiger partial charge in [0.15, 0.2) is 0 Å². The number of hydrogen-bond acceptors (Lipinski definition) is 9. The Balaban J connectivity index is -0.000000361. The van der Waals surface area contributed by atoms with Crippen molar-refractivity contribution in [1.82, 2.24) is 5.32 Å². The van der Waals surface area contributed by atoms with Crippen molar-refractivity contribution in [2.24, 2.45) is 16.6 Å². The fourth-order valence-corrected chi connectivity index (χ4v) is 3.00. The molecule has 0 amide bonds. The summed E-state index contributed by atoms with van der Waals surface area (Å²) >= 11 is 5.57. The smallest absolute Gasteiger partial charge is 0.323 e. The first-order valence-corrected chi connectivity index (χ1v) is 10.3. The van der Waals surface area contributed by atoms with Crippen molar-refractivity contribution in [3.8, 4) is 0 Å². The highest BCUT2D eigenvalue weighted by Gasteiger charge is 2.36. The Bertz CT molecular complexity index is 468. The maximum atomic E-state index is 11.2. The summed E-state index contributed by atoms with van der Waals surface area (Å²) < 4.78 is 8.97. The van der Waals surface area contributed by atoms with Gasteiger partial charge in [-0.25, -0.2) is 0 Å². The zero-order valence-corrected chi connectivity index (χ0v) is 20.6. The lowest BCUT2D eigenvalue weighted by Crippen LogP contribution is -2.42. The summed E-state index contributed by atoms with van der Waals surface area (Å²) in [6.45, 7) is 12.1. The highest BCUT2D eigenvalue weighted by Crippen LogP contribution is 2.33. The highest BCUT2D eigenvalue weighted by molar-refractivity contribution is 8.00. The number of thiol groups is 1. The van der Waals surface area contributed by atoms with Crippen LogP contribution in [0.2, 0.25) is 0 Å². The van der Waals surface area contributed by atoms with Crippen LogP contribution in [0.4, 0.5) is 0 Å². The van der Waals surface area contributed by atoms with Gasteiger partial charge >= 0.3 is 11.9 Å². The number of methoxy groups -OCH3 is 2. The van der Waals surface area contributed by atoms with E-state index in [1.807, 2.05) is 20.8 Å². The lowest BCUT2D eigenvalue weighted by Gasteiger charge is -2.26. The zero-order chi connectivity index (χ0) is 21.8. The van der Waals surface area contributed by atoms with Crippen molar-refractivity contribution in [2.75, 3.05) is 25.7 Å². The van der Waals surface area contributed by atoms with Crippen molar-refractivity contribution in [1.29, 1.82) is 0 Å². The Morgan fingerprint density at radius 1 is 1.21 bits per heavy atom. The van der Waals surface area contributed by atoms with Crippen LogP contribution in [0.3, 0.4) is 0 Å². The molecule has 1 fully saturated rings. The molecule has 0 bridgehead atoms. The lowest BCUT2D eigenvalue weighted by molar-refractivity contribution is -0.142. The zero-order valence-electron chi connectivity index (χ0n) is 18.1. The van der Waals surface area contributed by atoms with E-state index < -0.39 is 12.0 Å². The number of ether oxygens (including phenoxy) is 2. The Hall–Kier alpha value is -0.480. The maximum absolute atomic E-state index is 11.2. The molecule has 1 rings (SSSR count). The molecule has 0 aromatic rings. The van der Waals surface area contributed by atoms with E-state index in [9.17, 15) is 14.4 Å². The molecule has 1 saturated heterocycles. The van der Waals surface area contributed by atoms with Gasteiger partial charge in [-0.15, -0.1) is 24.2 Å². The summed E-state index contributed by atoms with van der Waals surface area (Å²) in [7, 11) is 2.73. The molecule has 3 N–H and O–H groups in total. The lowest BCUT2D eigenvalue weighted by atomic mass is 9.96. The number of esters is 2. The molecule has 0 aliphatic carbocycles. The average Bonchev–Trinajstić information content (AvgIpc) is 3.10. The van der Waals surface area contributed by atoms with Crippen molar-refractivity contribution in [3.05, 3.63) is 0 Å². The Morgan fingerprint density at radius 2 is 1.68 bits per heavy atom. The maximum Gasteiger partial charge on any atom is 0.323 e. The predicted octanol–water partition coefficient (Wildman–Crippen LogP) is 2.31. The Labute approximate surface area is 185 Å². The van der Waals surface area contributed by atoms with Crippen LogP contribution < -0.4 is 11.1 Å². The van der Waals surface area contributed by atoms with E-state index in [2.05, 4.69) is 48.2 Å². The number of aldehydes is 1. The summed E-state index contributed by atoms with van der Waals surface area (Å²) in [4.78, 5) is 31.4. The van der Waals surface area contributed by atoms with E-state index in [4.69, 9.17) is 5.73 Å². The second-order valence-electron chi connectivity index (χ2n) is 8.12. The molecule has 0 spiro atoms. The third kappa shape index (κ3) is 15.4. The van der Waals surface area contributed by atoms with E-state index in [1.165, 1.54) is 14.2 Å². The monoisotopic (exact) mass is 460 g/mol. The molecule has 0 radical (unpaired) electrons. The summed E-state index contributed by atoms with van der Waals surface area (Å²) in [6.07, 6.45) is 0.938. The van der Waals surface area contributed by atoms with E-state index in [0.717, 1.165) is 12.0 Å². The van der Waals surface area contributed by atoms with Crippen molar-refractivity contribution in [3.63, 3.8) is 0 Å². The topological polar surface area (TPSA) is 108 Å². The third-order valence-corrected chi connectivity index (χ3v) is 5.20. The summed E-state index contributed by atoms with van der Waals surface area (Å²) in [6, 6.07) is -0.706. The summed E-state index contributed by atoms with van der Waals surface area (Å²) in [5, 5.41) is 3.61. The van der Waals surface area contributed by atoms with Crippen LogP contribution in [-0.2, 0) is 23.9 Å². The van der Waals surface area contributed by atoms with Gasteiger partial charge in [-0.05, 0) is 5.41 Å². The SMILES string of the molecule is CC(C)(C)C=O.COC(=O)C(N)CS.COC(=O)C1CSC(C(C)(C)C)N1.Cl. The van der Waals surface area contributed by atoms with E-state index in [-0.39, 0.29) is 35.2 Å². The molecule has 1 aliphatic heterocycles. The number of thioether (sulfide) groups is 1. The number of nitrogens with two attached hydrogens (primary N) is 1. The number of halogens is 1. The summed E-state index contributed by atoms with van der Waals surface area (Å²) in [5.41, 5.74) is 5.23. The molecule has 168 valence electrons. The second kappa shape index (κ2) is 15.4. The minimum atomic E-state index is -0.580. The van der Waals surface area contributed by atoms with Crippen LogP contribution in [0.1, 0.15) is 41.5 Å². The molecule has 1 heterocycles. The number of carbonyl (C=O) groups excluding carboxylic acids is 3. The van der Waals surface area contributed by atoms with Gasteiger partial charge in [0, 0.05) is 16.9 Å². The molecule has 1 aliphatic rings. The Morgan fingerprint density at radius 3 is 1.89 bits per heavy atom. The highest BCUT2D eigenvalue weighted by atomic mass is 35.5. The number of carbonyl (C=O) groups is 3. The van der Waals surface area contributed by atoms with Gasteiger partial charge < -0.3 is 20.0 Å². The normalized spacial score (nSPS) is 19.5. The van der Waals surface area contributed by atoms with Crippen molar-refractivity contribution >= 4 is 55.0 Å². The van der Waals surface area contributed by atoms with E-state index in [0.29, 0.717) is 11.1 Å². The molecule has 3 unspecified atom stereocenters. The molecular formula is C18H37ClN2O5S2.